The Labute approximate surface area is 105 Å². The molecule has 0 spiro atoms. The lowest BCUT2D eigenvalue weighted by Crippen LogP contribution is -2.37. The third-order valence-corrected chi connectivity index (χ3v) is 2.94. The number of carbonyl (C=O) groups is 1. The number of carboxylic acid groups (broad SMARTS) is 1. The number of rotatable bonds is 5. The van der Waals surface area contributed by atoms with Crippen LogP contribution in [0.15, 0.2) is 18.2 Å². The van der Waals surface area contributed by atoms with Gasteiger partial charge in [-0.05, 0) is 31.0 Å². The van der Waals surface area contributed by atoms with Crippen LogP contribution >= 0.6 is 0 Å². The first-order valence-electron chi connectivity index (χ1n) is 5.62. The van der Waals surface area contributed by atoms with Crippen molar-refractivity contribution in [1.82, 2.24) is 0 Å². The standard InChI is InChI=1S/C13H17FO4/c1-8(2)13(3,17)7-18-11-5-4-9(12(15)16)6-10(11)14/h4-6,8,17H,7H2,1-3H3,(H,15,16). The predicted octanol–water partition coefficient (Wildman–Crippen LogP) is 2.31. The van der Waals surface area contributed by atoms with E-state index in [4.69, 9.17) is 9.84 Å². The Morgan fingerprint density at radius 2 is 2.11 bits per heavy atom. The Hall–Kier alpha value is -1.62. The smallest absolute Gasteiger partial charge is 0.335 e. The molecular formula is C13H17FO4. The van der Waals surface area contributed by atoms with Crippen molar-refractivity contribution in [2.24, 2.45) is 5.92 Å². The molecule has 1 aromatic carbocycles. The van der Waals surface area contributed by atoms with Gasteiger partial charge >= 0.3 is 5.97 Å². The van der Waals surface area contributed by atoms with E-state index in [0.29, 0.717) is 0 Å². The van der Waals surface area contributed by atoms with Crippen LogP contribution in [0.1, 0.15) is 31.1 Å². The summed E-state index contributed by atoms with van der Waals surface area (Å²) in [6, 6.07) is 3.39. The minimum Gasteiger partial charge on any atom is -0.488 e. The normalized spacial score (nSPS) is 14.3. The number of carboxylic acids is 1. The molecule has 0 bridgehead atoms. The van der Waals surface area contributed by atoms with Crippen LogP contribution in [0, 0.1) is 11.7 Å². The highest BCUT2D eigenvalue weighted by Crippen LogP contribution is 2.22. The van der Waals surface area contributed by atoms with Crippen molar-refractivity contribution in [3.8, 4) is 5.75 Å². The third kappa shape index (κ3) is 3.43. The van der Waals surface area contributed by atoms with Crippen LogP contribution in [0.3, 0.4) is 0 Å². The summed E-state index contributed by atoms with van der Waals surface area (Å²) in [6.45, 7) is 5.19. The summed E-state index contributed by atoms with van der Waals surface area (Å²) in [4.78, 5) is 10.6. The summed E-state index contributed by atoms with van der Waals surface area (Å²) in [5, 5.41) is 18.6. The number of hydrogen-bond acceptors (Lipinski definition) is 3. The Morgan fingerprint density at radius 1 is 1.50 bits per heavy atom. The van der Waals surface area contributed by atoms with Gasteiger partial charge in [0.15, 0.2) is 11.6 Å². The fraction of sp³-hybridized carbons (Fsp3) is 0.462. The van der Waals surface area contributed by atoms with Gasteiger partial charge < -0.3 is 14.9 Å². The minimum atomic E-state index is -1.20. The molecule has 1 aromatic rings. The summed E-state index contributed by atoms with van der Waals surface area (Å²) >= 11 is 0. The van der Waals surface area contributed by atoms with E-state index in [1.807, 2.05) is 13.8 Å². The van der Waals surface area contributed by atoms with E-state index in [-0.39, 0.29) is 23.8 Å². The molecule has 0 saturated heterocycles. The molecule has 100 valence electrons. The lowest BCUT2D eigenvalue weighted by Gasteiger charge is -2.27. The molecule has 0 radical (unpaired) electrons. The molecule has 0 aliphatic heterocycles. The second-order valence-corrected chi connectivity index (χ2v) is 4.75. The zero-order valence-corrected chi connectivity index (χ0v) is 10.6. The number of ether oxygens (including phenoxy) is 1. The summed E-state index contributed by atoms with van der Waals surface area (Å²) in [7, 11) is 0. The molecule has 5 heteroatoms. The molecule has 0 heterocycles. The lowest BCUT2D eigenvalue weighted by atomic mass is 9.94. The summed E-state index contributed by atoms with van der Waals surface area (Å²) in [6.07, 6.45) is 0. The largest absolute Gasteiger partial charge is 0.488 e. The molecule has 0 amide bonds. The van der Waals surface area contributed by atoms with Crippen LogP contribution in [0.5, 0.6) is 5.75 Å². The highest BCUT2D eigenvalue weighted by Gasteiger charge is 2.26. The number of aliphatic hydroxyl groups is 1. The average molecular weight is 256 g/mol. The number of benzene rings is 1. The van der Waals surface area contributed by atoms with E-state index in [1.165, 1.54) is 12.1 Å². The second kappa shape index (κ2) is 5.35. The fourth-order valence-corrected chi connectivity index (χ4v) is 1.14. The van der Waals surface area contributed by atoms with Crippen LogP contribution in [-0.4, -0.2) is 28.4 Å². The molecule has 4 nitrogen and oxygen atoms in total. The highest BCUT2D eigenvalue weighted by molar-refractivity contribution is 5.87. The molecule has 1 atom stereocenters. The second-order valence-electron chi connectivity index (χ2n) is 4.75. The molecule has 2 N–H and O–H groups in total. The first-order chi connectivity index (χ1) is 8.24. The SMILES string of the molecule is CC(C)C(C)(O)COc1ccc(C(=O)O)cc1F. The Morgan fingerprint density at radius 3 is 2.56 bits per heavy atom. The maximum absolute atomic E-state index is 13.5. The van der Waals surface area contributed by atoms with Crippen LogP contribution in [0.4, 0.5) is 4.39 Å². The fourth-order valence-electron chi connectivity index (χ4n) is 1.14. The average Bonchev–Trinajstić information content (AvgIpc) is 2.26. The van der Waals surface area contributed by atoms with Crippen molar-refractivity contribution in [2.75, 3.05) is 6.61 Å². The van der Waals surface area contributed by atoms with Gasteiger partial charge in [-0.15, -0.1) is 0 Å². The van der Waals surface area contributed by atoms with Crippen LogP contribution < -0.4 is 4.74 Å². The Kier molecular flexibility index (Phi) is 4.29. The van der Waals surface area contributed by atoms with E-state index >= 15 is 0 Å². The summed E-state index contributed by atoms with van der Waals surface area (Å²) in [5.74, 6) is -2.07. The molecule has 1 rings (SSSR count). The molecule has 1 unspecified atom stereocenters. The van der Waals surface area contributed by atoms with Crippen molar-refractivity contribution < 1.29 is 24.1 Å². The van der Waals surface area contributed by atoms with Crippen LogP contribution in [-0.2, 0) is 0 Å². The Bertz CT molecular complexity index is 441. The molecule has 18 heavy (non-hydrogen) atoms. The van der Waals surface area contributed by atoms with Gasteiger partial charge in [-0.25, -0.2) is 9.18 Å². The molecule has 0 aromatic heterocycles. The zero-order chi connectivity index (χ0) is 13.9. The first kappa shape index (κ1) is 14.4. The molecule has 0 aliphatic carbocycles. The maximum Gasteiger partial charge on any atom is 0.335 e. The first-order valence-corrected chi connectivity index (χ1v) is 5.62. The Balaban J connectivity index is 2.78. The summed E-state index contributed by atoms with van der Waals surface area (Å²) < 4.78 is 18.7. The van der Waals surface area contributed by atoms with Crippen molar-refractivity contribution in [3.05, 3.63) is 29.6 Å². The highest BCUT2D eigenvalue weighted by atomic mass is 19.1. The van der Waals surface area contributed by atoms with Gasteiger partial charge in [0.25, 0.3) is 0 Å². The van der Waals surface area contributed by atoms with Gasteiger partial charge in [0.1, 0.15) is 6.61 Å². The lowest BCUT2D eigenvalue weighted by molar-refractivity contribution is -0.0275. The molecule has 0 fully saturated rings. The van der Waals surface area contributed by atoms with E-state index in [1.54, 1.807) is 6.92 Å². The van der Waals surface area contributed by atoms with Crippen molar-refractivity contribution >= 4 is 5.97 Å². The topological polar surface area (TPSA) is 66.8 Å². The number of aromatic carboxylic acids is 1. The molecular weight excluding hydrogens is 239 g/mol. The third-order valence-electron chi connectivity index (χ3n) is 2.94. The van der Waals surface area contributed by atoms with Crippen LogP contribution in [0.2, 0.25) is 0 Å². The zero-order valence-electron chi connectivity index (χ0n) is 10.6. The van der Waals surface area contributed by atoms with E-state index in [0.717, 1.165) is 6.07 Å². The monoisotopic (exact) mass is 256 g/mol. The molecule has 0 saturated carbocycles. The van der Waals surface area contributed by atoms with Gasteiger partial charge in [0.05, 0.1) is 11.2 Å². The van der Waals surface area contributed by atoms with Crippen molar-refractivity contribution in [3.63, 3.8) is 0 Å². The van der Waals surface area contributed by atoms with Crippen LogP contribution in [0.25, 0.3) is 0 Å². The van der Waals surface area contributed by atoms with E-state index in [9.17, 15) is 14.3 Å². The van der Waals surface area contributed by atoms with Crippen molar-refractivity contribution in [2.45, 2.75) is 26.4 Å². The predicted molar refractivity (Wildman–Crippen MR) is 64.3 cm³/mol. The van der Waals surface area contributed by atoms with Gasteiger partial charge in [0, 0.05) is 0 Å². The van der Waals surface area contributed by atoms with Gasteiger partial charge in [0.2, 0.25) is 0 Å². The quantitative estimate of drug-likeness (QED) is 0.848. The number of halogens is 1. The van der Waals surface area contributed by atoms with Gasteiger partial charge in [-0.3, -0.25) is 0 Å². The molecule has 0 aliphatic rings. The van der Waals surface area contributed by atoms with E-state index in [2.05, 4.69) is 0 Å². The maximum atomic E-state index is 13.5. The summed E-state index contributed by atoms with van der Waals surface area (Å²) in [5.41, 5.74) is -1.21. The van der Waals surface area contributed by atoms with Gasteiger partial charge in [-0.2, -0.15) is 0 Å². The van der Waals surface area contributed by atoms with E-state index < -0.39 is 17.4 Å². The van der Waals surface area contributed by atoms with Gasteiger partial charge in [-0.1, -0.05) is 13.8 Å². The van der Waals surface area contributed by atoms with Crippen molar-refractivity contribution in [1.29, 1.82) is 0 Å². The minimum absolute atomic E-state index is 0.0427. The number of hydrogen-bond donors (Lipinski definition) is 2.